The molecule has 0 fully saturated rings. The number of aryl methyl sites for hydroxylation is 1. The van der Waals surface area contributed by atoms with Crippen LogP contribution in [-0.2, 0) is 0 Å². The van der Waals surface area contributed by atoms with Crippen LogP contribution in [0.25, 0.3) is 0 Å². The van der Waals surface area contributed by atoms with Gasteiger partial charge in [-0.2, -0.15) is 0 Å². The maximum atomic E-state index is 3.88. The zero-order valence-corrected chi connectivity index (χ0v) is 5.33. The summed E-state index contributed by atoms with van der Waals surface area (Å²) >= 11 is 0. The van der Waals surface area contributed by atoms with E-state index in [4.69, 9.17) is 0 Å². The molecule has 0 saturated heterocycles. The van der Waals surface area contributed by atoms with Crippen LogP contribution in [-0.4, -0.2) is 11.7 Å². The van der Waals surface area contributed by atoms with Gasteiger partial charge in [-0.15, -0.1) is 0 Å². The zero-order valence-electron chi connectivity index (χ0n) is 5.33. The molecule has 0 bridgehead atoms. The van der Waals surface area contributed by atoms with Crippen LogP contribution >= 0.6 is 0 Å². The average Bonchev–Trinajstić information content (AvgIpc) is 1.89. The second-order valence-electron chi connectivity index (χ2n) is 1.82. The summed E-state index contributed by atoms with van der Waals surface area (Å²) in [6.45, 7) is 5.38. The highest BCUT2D eigenvalue weighted by Gasteiger charge is 1.89. The van der Waals surface area contributed by atoms with Gasteiger partial charge >= 0.3 is 0 Å². The predicted molar refractivity (Wildman–Crippen MR) is 38.2 cm³/mol. The van der Waals surface area contributed by atoms with E-state index in [1.807, 2.05) is 13.0 Å². The number of aromatic nitrogens is 1. The zero-order chi connectivity index (χ0) is 6.69. The van der Waals surface area contributed by atoms with E-state index < -0.39 is 0 Å². The summed E-state index contributed by atoms with van der Waals surface area (Å²) < 4.78 is 0. The van der Waals surface area contributed by atoms with Crippen molar-refractivity contribution in [3.63, 3.8) is 0 Å². The Kier molecular flexibility index (Phi) is 1.58. The van der Waals surface area contributed by atoms with Crippen LogP contribution in [0, 0.1) is 6.92 Å². The Morgan fingerprint density at radius 3 is 2.89 bits per heavy atom. The molecule has 2 nitrogen and oxygen atoms in total. The minimum absolute atomic E-state index is 0.859. The van der Waals surface area contributed by atoms with Crippen LogP contribution in [0.1, 0.15) is 5.56 Å². The number of rotatable bonds is 1. The van der Waals surface area contributed by atoms with Crippen LogP contribution < -0.4 is 0 Å². The third-order valence-corrected chi connectivity index (χ3v) is 1.18. The topological polar surface area (TPSA) is 25.2 Å². The molecule has 0 spiro atoms. The molecule has 1 rings (SSSR count). The lowest BCUT2D eigenvalue weighted by atomic mass is 10.3. The van der Waals surface area contributed by atoms with E-state index in [0.29, 0.717) is 0 Å². The fraction of sp³-hybridized carbons (Fsp3) is 0.143. The molecule has 0 unspecified atom stereocenters. The van der Waals surface area contributed by atoms with Crippen LogP contribution in [0.15, 0.2) is 23.5 Å². The summed E-state index contributed by atoms with van der Waals surface area (Å²) in [6, 6.07) is 1.91. The van der Waals surface area contributed by atoms with Crippen molar-refractivity contribution >= 4 is 12.4 Å². The van der Waals surface area contributed by atoms with Gasteiger partial charge in [-0.1, -0.05) is 0 Å². The summed E-state index contributed by atoms with van der Waals surface area (Å²) in [5.74, 6) is 0. The number of hydrogen-bond acceptors (Lipinski definition) is 2. The molecule has 2 heteroatoms. The second kappa shape index (κ2) is 2.40. The first-order chi connectivity index (χ1) is 4.34. The minimum Gasteiger partial charge on any atom is -0.263 e. The van der Waals surface area contributed by atoms with Crippen molar-refractivity contribution in [1.82, 2.24) is 4.98 Å². The monoisotopic (exact) mass is 120 g/mol. The normalized spacial score (nSPS) is 9.00. The van der Waals surface area contributed by atoms with Crippen molar-refractivity contribution in [3.8, 4) is 0 Å². The van der Waals surface area contributed by atoms with Gasteiger partial charge in [0.05, 0.1) is 11.9 Å². The molecule has 9 heavy (non-hydrogen) atoms. The van der Waals surface area contributed by atoms with Crippen molar-refractivity contribution in [3.05, 3.63) is 24.0 Å². The van der Waals surface area contributed by atoms with Gasteiger partial charge in [0, 0.05) is 6.20 Å². The van der Waals surface area contributed by atoms with Gasteiger partial charge in [0.25, 0.3) is 0 Å². The Hall–Kier alpha value is -1.18. The van der Waals surface area contributed by atoms with Gasteiger partial charge in [-0.05, 0) is 25.3 Å². The number of hydrogen-bond donors (Lipinski definition) is 0. The van der Waals surface area contributed by atoms with Crippen LogP contribution in [0.4, 0.5) is 5.69 Å². The van der Waals surface area contributed by atoms with E-state index in [2.05, 4.69) is 16.7 Å². The van der Waals surface area contributed by atoms with Gasteiger partial charge in [0.1, 0.15) is 0 Å². The average molecular weight is 120 g/mol. The van der Waals surface area contributed by atoms with Crippen molar-refractivity contribution in [2.24, 2.45) is 4.99 Å². The van der Waals surface area contributed by atoms with Crippen molar-refractivity contribution in [2.75, 3.05) is 0 Å². The van der Waals surface area contributed by atoms with Gasteiger partial charge < -0.3 is 0 Å². The molecule has 0 aliphatic heterocycles. The predicted octanol–water partition coefficient (Wildman–Crippen LogP) is 1.72. The van der Waals surface area contributed by atoms with Crippen molar-refractivity contribution in [1.29, 1.82) is 0 Å². The first-order valence-electron chi connectivity index (χ1n) is 2.72. The van der Waals surface area contributed by atoms with Crippen LogP contribution in [0.5, 0.6) is 0 Å². The number of aliphatic imine (C=N–C) groups is 1. The van der Waals surface area contributed by atoms with Gasteiger partial charge in [0.2, 0.25) is 0 Å². The maximum Gasteiger partial charge on any atom is 0.0834 e. The first kappa shape index (κ1) is 5.95. The summed E-state index contributed by atoms with van der Waals surface area (Å²) in [4.78, 5) is 7.64. The number of pyridine rings is 1. The van der Waals surface area contributed by atoms with Gasteiger partial charge in [0.15, 0.2) is 0 Å². The fourth-order valence-electron chi connectivity index (χ4n) is 0.621. The SMILES string of the molecule is C=Nc1cnccc1C. The summed E-state index contributed by atoms with van der Waals surface area (Å²) in [5.41, 5.74) is 1.97. The standard InChI is InChI=1S/C7H8N2/c1-6-3-4-9-5-7(6)8-2/h3-5H,2H2,1H3. The smallest absolute Gasteiger partial charge is 0.0834 e. The molecular formula is C7H8N2. The second-order valence-corrected chi connectivity index (χ2v) is 1.82. The van der Waals surface area contributed by atoms with Crippen molar-refractivity contribution in [2.45, 2.75) is 6.92 Å². The molecule has 0 aromatic carbocycles. The molecule has 46 valence electrons. The Morgan fingerprint density at radius 2 is 2.44 bits per heavy atom. The molecule has 1 aromatic rings. The fourth-order valence-corrected chi connectivity index (χ4v) is 0.621. The van der Waals surface area contributed by atoms with Gasteiger partial charge in [-0.25, -0.2) is 0 Å². The quantitative estimate of drug-likeness (QED) is 0.518. The molecule has 0 saturated carbocycles. The highest BCUT2D eigenvalue weighted by atomic mass is 14.7. The molecule has 1 aromatic heterocycles. The van der Waals surface area contributed by atoms with E-state index in [1.54, 1.807) is 12.4 Å². The lowest BCUT2D eigenvalue weighted by Gasteiger charge is -1.93. The molecule has 0 aliphatic carbocycles. The molecule has 0 atom stereocenters. The Balaban J connectivity index is 3.15. The molecular weight excluding hydrogens is 112 g/mol. The maximum absolute atomic E-state index is 3.88. The summed E-state index contributed by atoms with van der Waals surface area (Å²) in [7, 11) is 0. The Morgan fingerprint density at radius 1 is 1.67 bits per heavy atom. The van der Waals surface area contributed by atoms with Crippen molar-refractivity contribution < 1.29 is 0 Å². The third kappa shape index (κ3) is 1.13. The van der Waals surface area contributed by atoms with E-state index in [9.17, 15) is 0 Å². The van der Waals surface area contributed by atoms with E-state index in [1.165, 1.54) is 0 Å². The van der Waals surface area contributed by atoms with Crippen LogP contribution in [0.3, 0.4) is 0 Å². The highest BCUT2D eigenvalue weighted by molar-refractivity contribution is 5.48. The molecule has 0 amide bonds. The van der Waals surface area contributed by atoms with E-state index in [-0.39, 0.29) is 0 Å². The van der Waals surface area contributed by atoms with Crippen LogP contribution in [0.2, 0.25) is 0 Å². The third-order valence-electron chi connectivity index (χ3n) is 1.18. The molecule has 0 N–H and O–H groups in total. The highest BCUT2D eigenvalue weighted by Crippen LogP contribution is 2.13. The minimum atomic E-state index is 0.859. The lowest BCUT2D eigenvalue weighted by Crippen LogP contribution is -1.74. The summed E-state index contributed by atoms with van der Waals surface area (Å²) in [5, 5.41) is 0. The Labute approximate surface area is 54.3 Å². The first-order valence-corrected chi connectivity index (χ1v) is 2.72. The molecule has 0 radical (unpaired) electrons. The molecule has 1 heterocycles. The largest absolute Gasteiger partial charge is 0.263 e. The Bertz CT molecular complexity index is 218. The molecule has 0 aliphatic rings. The number of nitrogens with zero attached hydrogens (tertiary/aromatic N) is 2. The lowest BCUT2D eigenvalue weighted by molar-refractivity contribution is 1.27. The van der Waals surface area contributed by atoms with E-state index in [0.717, 1.165) is 11.3 Å². The summed E-state index contributed by atoms with van der Waals surface area (Å²) in [6.07, 6.45) is 3.44. The van der Waals surface area contributed by atoms with E-state index >= 15 is 0 Å². The van der Waals surface area contributed by atoms with Gasteiger partial charge in [-0.3, -0.25) is 9.98 Å².